The van der Waals surface area contributed by atoms with Gasteiger partial charge in [-0.15, -0.1) is 0 Å². The fraction of sp³-hybridized carbons (Fsp3) is 0.241. The molecule has 2 aromatic heterocycles. The molecule has 0 bridgehead atoms. The van der Waals surface area contributed by atoms with Gasteiger partial charge in [-0.2, -0.15) is 4.98 Å². The van der Waals surface area contributed by atoms with E-state index in [0.29, 0.717) is 33.8 Å². The zero-order valence-electron chi connectivity index (χ0n) is 22.7. The minimum Gasteiger partial charge on any atom is -0.494 e. The third-order valence-electron chi connectivity index (χ3n) is 6.79. The second-order valence-electron chi connectivity index (χ2n) is 9.37. The Bertz CT molecular complexity index is 1630. The number of likely N-dealkylation sites (N-methyl/N-ethyl adjacent to an activating group) is 1. The van der Waals surface area contributed by atoms with Gasteiger partial charge >= 0.3 is 0 Å². The zero-order chi connectivity index (χ0) is 28.2. The van der Waals surface area contributed by atoms with Gasteiger partial charge in [0.05, 0.1) is 25.6 Å². The Balaban J connectivity index is 1.53. The van der Waals surface area contributed by atoms with Crippen molar-refractivity contribution in [3.8, 4) is 17.2 Å². The van der Waals surface area contributed by atoms with Gasteiger partial charge in [0.2, 0.25) is 11.9 Å². The number of carbonyl (C=O) groups is 1. The lowest BCUT2D eigenvalue weighted by Gasteiger charge is -2.34. The average molecular weight is 542 g/mol. The van der Waals surface area contributed by atoms with Crippen molar-refractivity contribution < 1.29 is 14.3 Å². The number of pyridine rings is 1. The number of benzene rings is 2. The van der Waals surface area contributed by atoms with Crippen LogP contribution in [0.4, 0.5) is 23.0 Å². The Morgan fingerprint density at radius 3 is 2.50 bits per heavy atom. The number of nitrogens with zero attached hydrogens (tertiary/aromatic N) is 5. The van der Waals surface area contributed by atoms with Crippen molar-refractivity contribution >= 4 is 40.0 Å². The summed E-state index contributed by atoms with van der Waals surface area (Å²) in [6.45, 7) is 7.38. The number of aromatic nitrogens is 3. The summed E-state index contributed by atoms with van der Waals surface area (Å²) in [5, 5.41) is 6.55. The van der Waals surface area contributed by atoms with Crippen LogP contribution in [-0.2, 0) is 4.79 Å². The molecule has 11 nitrogen and oxygen atoms in total. The van der Waals surface area contributed by atoms with Crippen molar-refractivity contribution in [3.05, 3.63) is 77.7 Å². The molecule has 0 spiro atoms. The summed E-state index contributed by atoms with van der Waals surface area (Å²) in [7, 11) is 5.18. The highest BCUT2D eigenvalue weighted by atomic mass is 16.5. The predicted octanol–water partition coefficient (Wildman–Crippen LogP) is 3.42. The number of amides is 1. The molecule has 0 radical (unpaired) electrons. The number of nitrogens with one attached hydrogen (secondary N) is 2. The van der Waals surface area contributed by atoms with Crippen molar-refractivity contribution in [2.45, 2.75) is 0 Å². The highest BCUT2D eigenvalue weighted by molar-refractivity contribution is 5.99. The summed E-state index contributed by atoms with van der Waals surface area (Å²) < 4.78 is 12.5. The number of piperazine rings is 1. The van der Waals surface area contributed by atoms with Crippen molar-refractivity contribution in [2.75, 3.05) is 63.0 Å². The van der Waals surface area contributed by atoms with Crippen LogP contribution in [0, 0.1) is 0 Å². The molecule has 0 unspecified atom stereocenters. The number of rotatable bonds is 8. The minimum absolute atomic E-state index is 0.138. The Morgan fingerprint density at radius 1 is 1.00 bits per heavy atom. The van der Waals surface area contributed by atoms with E-state index >= 15 is 0 Å². The van der Waals surface area contributed by atoms with Crippen LogP contribution >= 0.6 is 0 Å². The molecule has 0 atom stereocenters. The van der Waals surface area contributed by atoms with Crippen LogP contribution in [0.15, 0.2) is 72.2 Å². The molecule has 206 valence electrons. The van der Waals surface area contributed by atoms with Gasteiger partial charge in [-0.3, -0.25) is 14.2 Å². The molecule has 4 aromatic rings. The van der Waals surface area contributed by atoms with Crippen molar-refractivity contribution in [1.29, 1.82) is 0 Å². The van der Waals surface area contributed by atoms with Crippen molar-refractivity contribution in [1.82, 2.24) is 19.4 Å². The molecule has 0 aliphatic carbocycles. The first kappa shape index (κ1) is 26.7. The van der Waals surface area contributed by atoms with E-state index in [1.54, 1.807) is 43.6 Å². The Kier molecular flexibility index (Phi) is 7.65. The zero-order valence-corrected chi connectivity index (χ0v) is 22.7. The molecule has 11 heteroatoms. The van der Waals surface area contributed by atoms with E-state index in [1.165, 1.54) is 17.8 Å². The lowest BCUT2D eigenvalue weighted by atomic mass is 10.2. The molecule has 0 saturated carbocycles. The molecule has 1 aliphatic rings. The second-order valence-corrected chi connectivity index (χ2v) is 9.37. The maximum absolute atomic E-state index is 13.4. The summed E-state index contributed by atoms with van der Waals surface area (Å²) >= 11 is 0. The monoisotopic (exact) mass is 541 g/mol. The second kappa shape index (κ2) is 11.5. The summed E-state index contributed by atoms with van der Waals surface area (Å²) in [6, 6.07) is 14.5. The largest absolute Gasteiger partial charge is 0.494 e. The molecule has 40 heavy (non-hydrogen) atoms. The summed E-state index contributed by atoms with van der Waals surface area (Å²) in [5.41, 5.74) is 2.73. The number of anilines is 4. The van der Waals surface area contributed by atoms with E-state index in [1.807, 2.05) is 18.2 Å². The molecule has 2 aromatic carbocycles. The molecule has 1 aliphatic heterocycles. The van der Waals surface area contributed by atoms with Gasteiger partial charge in [-0.25, -0.2) is 4.98 Å². The van der Waals surface area contributed by atoms with Crippen LogP contribution in [-0.4, -0.2) is 72.8 Å². The molecule has 1 saturated heterocycles. The Morgan fingerprint density at radius 2 is 1.77 bits per heavy atom. The fourth-order valence-corrected chi connectivity index (χ4v) is 4.60. The summed E-state index contributed by atoms with van der Waals surface area (Å²) in [6.07, 6.45) is 2.80. The van der Waals surface area contributed by atoms with Crippen molar-refractivity contribution in [3.63, 3.8) is 0 Å². The third-order valence-corrected chi connectivity index (χ3v) is 6.79. The molecule has 1 amide bonds. The SMILES string of the molecule is C=CC(=O)Nc1cccc(-n2c(=O)c(OC)cc3cnc(Nc4ccc(N5CCN(C)CC5)cc4OC)nc32)c1. The van der Waals surface area contributed by atoms with Gasteiger partial charge < -0.3 is 29.9 Å². The van der Waals surface area contributed by atoms with Gasteiger partial charge in [0.1, 0.15) is 5.75 Å². The van der Waals surface area contributed by atoms with Gasteiger partial charge in [0, 0.05) is 55.2 Å². The standard InChI is InChI=1S/C29H31N7O4/c1-5-26(37)31-20-7-6-8-22(16-20)36-27-19(15-25(40-4)28(36)38)18-30-29(33-27)32-23-10-9-21(17-24(23)39-3)35-13-11-34(2)12-14-35/h5-10,15-18H,1,11-14H2,2-4H3,(H,31,37)(H,30,32,33). The predicted molar refractivity (Wildman–Crippen MR) is 157 cm³/mol. The normalized spacial score (nSPS) is 13.6. The van der Waals surface area contributed by atoms with Gasteiger partial charge in [0.15, 0.2) is 11.4 Å². The van der Waals surface area contributed by atoms with Crippen LogP contribution in [0.2, 0.25) is 0 Å². The highest BCUT2D eigenvalue weighted by Crippen LogP contribution is 2.32. The van der Waals surface area contributed by atoms with Crippen LogP contribution in [0.5, 0.6) is 11.5 Å². The molecular weight excluding hydrogens is 510 g/mol. The summed E-state index contributed by atoms with van der Waals surface area (Å²) in [4.78, 5) is 39.1. The van der Waals surface area contributed by atoms with E-state index in [0.717, 1.165) is 31.9 Å². The molecule has 2 N–H and O–H groups in total. The van der Waals surface area contributed by atoms with Crippen LogP contribution in [0.3, 0.4) is 0 Å². The van der Waals surface area contributed by atoms with E-state index in [4.69, 9.17) is 14.5 Å². The highest BCUT2D eigenvalue weighted by Gasteiger charge is 2.18. The molecule has 3 heterocycles. The lowest BCUT2D eigenvalue weighted by Crippen LogP contribution is -2.44. The maximum atomic E-state index is 13.4. The first-order valence-corrected chi connectivity index (χ1v) is 12.8. The van der Waals surface area contributed by atoms with Crippen LogP contribution in [0.1, 0.15) is 0 Å². The van der Waals surface area contributed by atoms with Gasteiger partial charge in [-0.1, -0.05) is 12.6 Å². The molecule has 1 fully saturated rings. The number of hydrogen-bond donors (Lipinski definition) is 2. The number of fused-ring (bicyclic) bond motifs is 1. The van der Waals surface area contributed by atoms with E-state index in [-0.39, 0.29) is 17.6 Å². The van der Waals surface area contributed by atoms with Crippen LogP contribution < -0.4 is 30.6 Å². The minimum atomic E-state index is -0.402. The number of methoxy groups -OCH3 is 2. The van der Waals surface area contributed by atoms with Crippen molar-refractivity contribution in [2.24, 2.45) is 0 Å². The van der Waals surface area contributed by atoms with Gasteiger partial charge in [-0.05, 0) is 49.5 Å². The van der Waals surface area contributed by atoms with E-state index < -0.39 is 5.56 Å². The lowest BCUT2D eigenvalue weighted by molar-refractivity contribution is -0.111. The fourth-order valence-electron chi connectivity index (χ4n) is 4.60. The first-order chi connectivity index (χ1) is 19.4. The topological polar surface area (TPSA) is 114 Å². The molecular formula is C29H31N7O4. The number of ether oxygens (including phenoxy) is 2. The first-order valence-electron chi connectivity index (χ1n) is 12.8. The van der Waals surface area contributed by atoms with E-state index in [2.05, 4.69) is 39.0 Å². The van der Waals surface area contributed by atoms with E-state index in [9.17, 15) is 9.59 Å². The maximum Gasteiger partial charge on any atom is 0.299 e. The Hall–Kier alpha value is -4.90. The number of hydrogen-bond acceptors (Lipinski definition) is 9. The summed E-state index contributed by atoms with van der Waals surface area (Å²) in [5.74, 6) is 0.713. The Labute approximate surface area is 231 Å². The smallest absolute Gasteiger partial charge is 0.299 e. The molecule has 5 rings (SSSR count). The average Bonchev–Trinajstić information content (AvgIpc) is 2.97. The van der Waals surface area contributed by atoms with Crippen LogP contribution in [0.25, 0.3) is 16.7 Å². The quantitative estimate of drug-likeness (QED) is 0.324. The number of carbonyl (C=O) groups excluding carboxylic acids is 1. The van der Waals surface area contributed by atoms with Gasteiger partial charge in [0.25, 0.3) is 5.56 Å². The third kappa shape index (κ3) is 5.45.